The average molecular weight is 261 g/mol. The van der Waals surface area contributed by atoms with Gasteiger partial charge in [0.25, 0.3) is 0 Å². The Balaban J connectivity index is 1.96. The molecule has 0 aromatic heterocycles. The Hall–Kier alpha value is -1.35. The van der Waals surface area contributed by atoms with E-state index >= 15 is 0 Å². The third-order valence-electron chi connectivity index (χ3n) is 4.04. The highest BCUT2D eigenvalue weighted by Crippen LogP contribution is 2.34. The molecule has 0 aliphatic carbocycles. The Bertz CT molecular complexity index is 456. The number of likely N-dealkylation sites (tertiary alicyclic amines) is 1. The summed E-state index contributed by atoms with van der Waals surface area (Å²) < 4.78 is 0. The van der Waals surface area contributed by atoms with Gasteiger partial charge in [-0.05, 0) is 22.5 Å². The number of rotatable bonds is 4. The van der Waals surface area contributed by atoms with E-state index in [2.05, 4.69) is 25.7 Å². The fraction of sp³-hybridized carbons (Fsp3) is 0.562. The highest BCUT2D eigenvalue weighted by Gasteiger charge is 2.35. The summed E-state index contributed by atoms with van der Waals surface area (Å²) >= 11 is 0. The van der Waals surface area contributed by atoms with E-state index in [0.29, 0.717) is 5.41 Å². The van der Waals surface area contributed by atoms with Crippen molar-refractivity contribution in [3.8, 4) is 0 Å². The van der Waals surface area contributed by atoms with Crippen LogP contribution in [0.4, 0.5) is 0 Å². The number of aliphatic carboxylic acids is 1. The van der Waals surface area contributed by atoms with Crippen molar-refractivity contribution in [2.24, 2.45) is 11.3 Å². The zero-order chi connectivity index (χ0) is 14.0. The van der Waals surface area contributed by atoms with Gasteiger partial charge in [0, 0.05) is 19.6 Å². The van der Waals surface area contributed by atoms with Gasteiger partial charge < -0.3 is 5.11 Å². The molecule has 3 heteroatoms. The lowest BCUT2D eigenvalue weighted by Gasteiger charge is -2.46. The summed E-state index contributed by atoms with van der Waals surface area (Å²) in [4.78, 5) is 13.3. The number of nitrogens with zero attached hydrogens (tertiary/aromatic N) is 1. The lowest BCUT2D eigenvalue weighted by Crippen LogP contribution is -2.51. The third-order valence-corrected chi connectivity index (χ3v) is 4.04. The first kappa shape index (κ1) is 14.1. The fourth-order valence-electron chi connectivity index (χ4n) is 2.53. The zero-order valence-corrected chi connectivity index (χ0v) is 12.0. The molecule has 1 N–H and O–H groups in total. The van der Waals surface area contributed by atoms with Crippen LogP contribution in [0.3, 0.4) is 0 Å². The predicted octanol–water partition coefficient (Wildman–Crippen LogP) is 2.79. The lowest BCUT2D eigenvalue weighted by atomic mass is 9.76. The summed E-state index contributed by atoms with van der Waals surface area (Å²) in [6.45, 7) is 9.96. The Labute approximate surface area is 115 Å². The van der Waals surface area contributed by atoms with E-state index in [1.165, 1.54) is 0 Å². The maximum absolute atomic E-state index is 10.9. The molecule has 1 aliphatic rings. The monoisotopic (exact) mass is 261 g/mol. The van der Waals surface area contributed by atoms with Crippen molar-refractivity contribution in [3.63, 3.8) is 0 Å². The van der Waals surface area contributed by atoms with Gasteiger partial charge in [-0.1, -0.05) is 45.0 Å². The van der Waals surface area contributed by atoms with Gasteiger partial charge in [0.15, 0.2) is 0 Å². The molecule has 0 spiro atoms. The first-order valence-corrected chi connectivity index (χ1v) is 6.87. The van der Waals surface area contributed by atoms with Crippen molar-refractivity contribution < 1.29 is 9.90 Å². The molecule has 1 aliphatic heterocycles. The molecule has 19 heavy (non-hydrogen) atoms. The molecule has 1 fully saturated rings. The van der Waals surface area contributed by atoms with E-state index in [4.69, 9.17) is 5.11 Å². The minimum absolute atomic E-state index is 0.118. The summed E-state index contributed by atoms with van der Waals surface area (Å²) in [5, 5.41) is 8.93. The minimum atomic E-state index is -0.761. The van der Waals surface area contributed by atoms with Crippen LogP contribution in [-0.4, -0.2) is 29.1 Å². The number of hydrogen-bond donors (Lipinski definition) is 1. The van der Waals surface area contributed by atoms with Gasteiger partial charge in [0.2, 0.25) is 0 Å². The number of hydrogen-bond acceptors (Lipinski definition) is 2. The first-order chi connectivity index (χ1) is 8.86. The van der Waals surface area contributed by atoms with Gasteiger partial charge in [-0.3, -0.25) is 9.69 Å². The summed E-state index contributed by atoms with van der Waals surface area (Å²) in [5.74, 6) is -0.0113. The Morgan fingerprint density at radius 2 is 1.84 bits per heavy atom. The average Bonchev–Trinajstić information content (AvgIpc) is 2.22. The maximum atomic E-state index is 10.9. The minimum Gasteiger partial charge on any atom is -0.481 e. The number of carboxylic acids is 1. The molecule has 0 bridgehead atoms. The van der Waals surface area contributed by atoms with Crippen LogP contribution < -0.4 is 0 Å². The maximum Gasteiger partial charge on any atom is 0.307 e. The number of carbonyl (C=O) groups is 1. The van der Waals surface area contributed by atoms with Gasteiger partial charge in [0.05, 0.1) is 6.42 Å². The van der Waals surface area contributed by atoms with E-state index in [9.17, 15) is 4.79 Å². The molecule has 3 nitrogen and oxygen atoms in total. The topological polar surface area (TPSA) is 40.5 Å². The molecule has 0 saturated carbocycles. The predicted molar refractivity (Wildman–Crippen MR) is 76.0 cm³/mol. The molecular weight excluding hydrogens is 238 g/mol. The normalized spacial score (nSPS) is 17.2. The Morgan fingerprint density at radius 1 is 1.26 bits per heavy atom. The largest absolute Gasteiger partial charge is 0.481 e. The number of carboxylic acid groups (broad SMARTS) is 1. The van der Waals surface area contributed by atoms with Crippen LogP contribution in [0, 0.1) is 11.3 Å². The highest BCUT2D eigenvalue weighted by atomic mass is 16.4. The lowest BCUT2D eigenvalue weighted by molar-refractivity contribution is -0.136. The van der Waals surface area contributed by atoms with Crippen molar-refractivity contribution >= 4 is 5.97 Å². The molecule has 0 radical (unpaired) electrons. The molecule has 1 heterocycles. The molecule has 0 amide bonds. The van der Waals surface area contributed by atoms with E-state index in [-0.39, 0.29) is 6.42 Å². The van der Waals surface area contributed by atoms with Crippen molar-refractivity contribution in [2.45, 2.75) is 33.7 Å². The van der Waals surface area contributed by atoms with Gasteiger partial charge in [-0.2, -0.15) is 0 Å². The van der Waals surface area contributed by atoms with Crippen LogP contribution in [0.15, 0.2) is 24.3 Å². The van der Waals surface area contributed by atoms with Gasteiger partial charge in [0.1, 0.15) is 0 Å². The molecule has 0 atom stereocenters. The van der Waals surface area contributed by atoms with E-state index in [0.717, 1.165) is 36.7 Å². The summed E-state index contributed by atoms with van der Waals surface area (Å²) in [5.41, 5.74) is 2.46. The van der Waals surface area contributed by atoms with Crippen LogP contribution in [-0.2, 0) is 17.8 Å². The molecule has 0 unspecified atom stereocenters. The van der Waals surface area contributed by atoms with E-state index in [1.807, 2.05) is 24.3 Å². The fourth-order valence-corrected chi connectivity index (χ4v) is 2.53. The van der Waals surface area contributed by atoms with Crippen molar-refractivity contribution in [2.75, 3.05) is 13.1 Å². The Kier molecular flexibility index (Phi) is 3.95. The number of benzene rings is 1. The van der Waals surface area contributed by atoms with Gasteiger partial charge >= 0.3 is 5.97 Å². The Morgan fingerprint density at radius 3 is 2.37 bits per heavy atom. The van der Waals surface area contributed by atoms with Crippen LogP contribution in [0.25, 0.3) is 0 Å². The first-order valence-electron chi connectivity index (χ1n) is 6.87. The smallest absolute Gasteiger partial charge is 0.307 e. The molecule has 1 saturated heterocycles. The van der Waals surface area contributed by atoms with Gasteiger partial charge in [-0.15, -0.1) is 0 Å². The second-order valence-corrected chi connectivity index (χ2v) is 6.60. The van der Waals surface area contributed by atoms with Crippen molar-refractivity contribution in [1.82, 2.24) is 4.90 Å². The van der Waals surface area contributed by atoms with Crippen LogP contribution in [0.1, 0.15) is 31.9 Å². The summed E-state index contributed by atoms with van der Waals surface area (Å²) in [7, 11) is 0. The molecule has 1 aromatic carbocycles. The molecule has 2 rings (SSSR count). The zero-order valence-electron chi connectivity index (χ0n) is 12.0. The molecule has 1 aromatic rings. The second kappa shape index (κ2) is 5.33. The third kappa shape index (κ3) is 3.57. The summed E-state index contributed by atoms with van der Waals surface area (Å²) in [6, 6.07) is 7.87. The standard InChI is InChI=1S/C16H23NO2/c1-16(2,3)14-10-17(11-14)9-13-7-5-4-6-12(13)8-15(18)19/h4-7,14H,8-11H2,1-3H3,(H,18,19). The van der Waals surface area contributed by atoms with Crippen molar-refractivity contribution in [1.29, 1.82) is 0 Å². The van der Waals surface area contributed by atoms with E-state index < -0.39 is 5.97 Å². The highest BCUT2D eigenvalue weighted by molar-refractivity contribution is 5.70. The van der Waals surface area contributed by atoms with Crippen LogP contribution >= 0.6 is 0 Å². The second-order valence-electron chi connectivity index (χ2n) is 6.60. The quantitative estimate of drug-likeness (QED) is 0.906. The van der Waals surface area contributed by atoms with Crippen molar-refractivity contribution in [3.05, 3.63) is 35.4 Å². The SMILES string of the molecule is CC(C)(C)C1CN(Cc2ccccc2CC(=O)O)C1. The molecular formula is C16H23NO2. The van der Waals surface area contributed by atoms with E-state index in [1.54, 1.807) is 0 Å². The van der Waals surface area contributed by atoms with Gasteiger partial charge in [-0.25, -0.2) is 0 Å². The van der Waals surface area contributed by atoms with Crippen LogP contribution in [0.5, 0.6) is 0 Å². The summed E-state index contributed by atoms with van der Waals surface area (Å²) in [6.07, 6.45) is 0.118. The molecule has 104 valence electrons. The van der Waals surface area contributed by atoms with Crippen LogP contribution in [0.2, 0.25) is 0 Å².